The Bertz CT molecular complexity index is 1330. The minimum absolute atomic E-state index is 0.0409. The van der Waals surface area contributed by atoms with Crippen molar-refractivity contribution in [3.05, 3.63) is 89.7 Å². The summed E-state index contributed by atoms with van der Waals surface area (Å²) in [5, 5.41) is 3.12. The maximum Gasteiger partial charge on any atom is 0.227 e. The fourth-order valence-corrected chi connectivity index (χ4v) is 5.08. The highest BCUT2D eigenvalue weighted by molar-refractivity contribution is 5.92. The van der Waals surface area contributed by atoms with Gasteiger partial charge < -0.3 is 14.6 Å². The van der Waals surface area contributed by atoms with Crippen molar-refractivity contribution in [2.45, 2.75) is 45.7 Å². The first-order valence-corrected chi connectivity index (χ1v) is 13.2. The van der Waals surface area contributed by atoms with Gasteiger partial charge in [-0.15, -0.1) is 0 Å². The van der Waals surface area contributed by atoms with Gasteiger partial charge in [-0.3, -0.25) is 9.69 Å². The number of nitrogens with one attached hydrogen (secondary N) is 1. The number of hydrogen-bond acceptors (Lipinski definition) is 4. The third kappa shape index (κ3) is 5.86. The number of benzene rings is 3. The SMILES string of the molecule is COc1ccc(Cn2c(CN3CCC(C(=O)Nc4ccc(C(C)C)cc4)CC3)nc3ccccc32)cc1. The summed E-state index contributed by atoms with van der Waals surface area (Å²) in [6.45, 7) is 7.65. The van der Waals surface area contributed by atoms with Gasteiger partial charge in [0.2, 0.25) is 5.91 Å². The molecule has 0 aliphatic carbocycles. The van der Waals surface area contributed by atoms with Crippen molar-refractivity contribution in [3.63, 3.8) is 0 Å². The van der Waals surface area contributed by atoms with Crippen LogP contribution >= 0.6 is 0 Å². The summed E-state index contributed by atoms with van der Waals surface area (Å²) < 4.78 is 7.63. The van der Waals surface area contributed by atoms with E-state index < -0.39 is 0 Å². The number of rotatable bonds is 8. The number of fused-ring (bicyclic) bond motifs is 1. The largest absolute Gasteiger partial charge is 0.497 e. The number of aromatic nitrogens is 2. The predicted octanol–water partition coefficient (Wildman–Crippen LogP) is 6.07. The summed E-state index contributed by atoms with van der Waals surface area (Å²) in [7, 11) is 1.69. The van der Waals surface area contributed by atoms with Crippen molar-refractivity contribution in [2.75, 3.05) is 25.5 Å². The van der Waals surface area contributed by atoms with Crippen LogP contribution in [0.4, 0.5) is 5.69 Å². The molecule has 1 aliphatic heterocycles. The van der Waals surface area contributed by atoms with Gasteiger partial charge in [-0.2, -0.15) is 0 Å². The van der Waals surface area contributed by atoms with Crippen LogP contribution in [0.2, 0.25) is 0 Å². The molecule has 0 spiro atoms. The van der Waals surface area contributed by atoms with E-state index in [2.05, 4.69) is 71.1 Å². The maximum absolute atomic E-state index is 12.9. The number of piperidine rings is 1. The number of likely N-dealkylation sites (tertiary alicyclic amines) is 1. The van der Waals surface area contributed by atoms with E-state index in [-0.39, 0.29) is 11.8 Å². The molecule has 1 aliphatic rings. The zero-order valence-corrected chi connectivity index (χ0v) is 22.0. The second-order valence-corrected chi connectivity index (χ2v) is 10.3. The van der Waals surface area contributed by atoms with E-state index in [0.29, 0.717) is 5.92 Å². The molecule has 3 aromatic carbocycles. The van der Waals surface area contributed by atoms with E-state index in [1.807, 2.05) is 30.3 Å². The molecule has 5 rings (SSSR count). The third-order valence-electron chi connectivity index (χ3n) is 7.40. The topological polar surface area (TPSA) is 59.4 Å². The van der Waals surface area contributed by atoms with E-state index in [4.69, 9.17) is 9.72 Å². The Morgan fingerprint density at radius 3 is 2.35 bits per heavy atom. The molecule has 4 aromatic rings. The number of carbonyl (C=O) groups excluding carboxylic acids is 1. The van der Waals surface area contributed by atoms with Crippen LogP contribution in [-0.4, -0.2) is 40.6 Å². The number of methoxy groups -OCH3 is 1. The highest BCUT2D eigenvalue weighted by Crippen LogP contribution is 2.25. The van der Waals surface area contributed by atoms with Crippen LogP contribution in [0.5, 0.6) is 5.75 Å². The standard InChI is InChI=1S/C31H36N4O2/c1-22(2)24-10-12-26(13-11-24)32-31(36)25-16-18-34(19-17-25)21-30-33-28-6-4-5-7-29(28)35(30)20-23-8-14-27(37-3)15-9-23/h4-15,22,25H,16-21H2,1-3H3,(H,32,36). The van der Waals surface area contributed by atoms with Crippen LogP contribution in [-0.2, 0) is 17.9 Å². The molecule has 0 bridgehead atoms. The lowest BCUT2D eigenvalue weighted by Crippen LogP contribution is -2.38. The minimum atomic E-state index is 0.0409. The van der Waals surface area contributed by atoms with Crippen molar-refractivity contribution in [1.29, 1.82) is 0 Å². The Morgan fingerprint density at radius 1 is 0.973 bits per heavy atom. The predicted molar refractivity (Wildman–Crippen MR) is 149 cm³/mol. The lowest BCUT2D eigenvalue weighted by atomic mass is 9.95. The van der Waals surface area contributed by atoms with Crippen molar-refractivity contribution in [3.8, 4) is 5.75 Å². The molecule has 0 atom stereocenters. The third-order valence-corrected chi connectivity index (χ3v) is 7.40. The molecule has 192 valence electrons. The molecule has 6 nitrogen and oxygen atoms in total. The van der Waals surface area contributed by atoms with Crippen molar-refractivity contribution < 1.29 is 9.53 Å². The van der Waals surface area contributed by atoms with E-state index in [9.17, 15) is 4.79 Å². The fourth-order valence-electron chi connectivity index (χ4n) is 5.08. The average molecular weight is 497 g/mol. The molecule has 0 unspecified atom stereocenters. The van der Waals surface area contributed by atoms with Gasteiger partial charge in [0, 0.05) is 18.2 Å². The van der Waals surface area contributed by atoms with Crippen LogP contribution in [0.3, 0.4) is 0 Å². The number of carbonyl (C=O) groups is 1. The minimum Gasteiger partial charge on any atom is -0.497 e. The van der Waals surface area contributed by atoms with E-state index in [0.717, 1.165) is 67.3 Å². The molecule has 1 amide bonds. The number of anilines is 1. The molecule has 1 aromatic heterocycles. The number of hydrogen-bond donors (Lipinski definition) is 1. The van der Waals surface area contributed by atoms with Crippen LogP contribution in [0.25, 0.3) is 11.0 Å². The smallest absolute Gasteiger partial charge is 0.227 e. The second-order valence-electron chi connectivity index (χ2n) is 10.3. The summed E-state index contributed by atoms with van der Waals surface area (Å²) in [6.07, 6.45) is 1.71. The summed E-state index contributed by atoms with van der Waals surface area (Å²) in [6, 6.07) is 24.8. The normalized spacial score (nSPS) is 14.8. The summed E-state index contributed by atoms with van der Waals surface area (Å²) in [5.74, 6) is 2.57. The highest BCUT2D eigenvalue weighted by atomic mass is 16.5. The van der Waals surface area contributed by atoms with Gasteiger partial charge in [-0.05, 0) is 79.4 Å². The van der Waals surface area contributed by atoms with Crippen LogP contribution < -0.4 is 10.1 Å². The Balaban J connectivity index is 1.23. The van der Waals surface area contributed by atoms with E-state index in [1.54, 1.807) is 7.11 Å². The van der Waals surface area contributed by atoms with Crippen molar-refractivity contribution >= 4 is 22.6 Å². The van der Waals surface area contributed by atoms with Gasteiger partial charge >= 0.3 is 0 Å². The van der Waals surface area contributed by atoms with Gasteiger partial charge in [-0.1, -0.05) is 50.2 Å². The summed E-state index contributed by atoms with van der Waals surface area (Å²) in [4.78, 5) is 20.3. The van der Waals surface area contributed by atoms with Crippen LogP contribution in [0, 0.1) is 5.92 Å². The molecular formula is C31H36N4O2. The molecule has 1 saturated heterocycles. The van der Waals surface area contributed by atoms with Gasteiger partial charge in [0.05, 0.1) is 24.7 Å². The Morgan fingerprint density at radius 2 is 1.68 bits per heavy atom. The van der Waals surface area contributed by atoms with E-state index in [1.165, 1.54) is 11.1 Å². The molecule has 1 N–H and O–H groups in total. The number of imidazole rings is 1. The number of nitrogens with zero attached hydrogens (tertiary/aromatic N) is 3. The Hall–Kier alpha value is -3.64. The zero-order chi connectivity index (χ0) is 25.8. The number of amides is 1. The first-order valence-electron chi connectivity index (χ1n) is 13.2. The summed E-state index contributed by atoms with van der Waals surface area (Å²) >= 11 is 0. The molecule has 37 heavy (non-hydrogen) atoms. The molecular weight excluding hydrogens is 460 g/mol. The lowest BCUT2D eigenvalue weighted by Gasteiger charge is -2.31. The lowest BCUT2D eigenvalue weighted by molar-refractivity contribution is -0.121. The molecule has 0 saturated carbocycles. The number of ether oxygens (including phenoxy) is 1. The Labute approximate surface area is 219 Å². The van der Waals surface area contributed by atoms with Crippen LogP contribution in [0.1, 0.15) is 49.6 Å². The number of para-hydroxylation sites is 2. The van der Waals surface area contributed by atoms with Crippen molar-refractivity contribution in [2.24, 2.45) is 5.92 Å². The molecule has 2 heterocycles. The maximum atomic E-state index is 12.9. The Kier molecular flexibility index (Phi) is 7.56. The van der Waals surface area contributed by atoms with Gasteiger partial charge in [0.1, 0.15) is 11.6 Å². The van der Waals surface area contributed by atoms with Gasteiger partial charge in [0.25, 0.3) is 0 Å². The second kappa shape index (κ2) is 11.2. The molecule has 6 heteroatoms. The first kappa shape index (κ1) is 25.0. The van der Waals surface area contributed by atoms with E-state index >= 15 is 0 Å². The average Bonchev–Trinajstić information content (AvgIpc) is 3.26. The highest BCUT2D eigenvalue weighted by Gasteiger charge is 2.26. The first-order chi connectivity index (χ1) is 18.0. The van der Waals surface area contributed by atoms with Gasteiger partial charge in [0.15, 0.2) is 0 Å². The van der Waals surface area contributed by atoms with Gasteiger partial charge in [-0.25, -0.2) is 4.98 Å². The van der Waals surface area contributed by atoms with Crippen molar-refractivity contribution in [1.82, 2.24) is 14.5 Å². The monoisotopic (exact) mass is 496 g/mol. The molecule has 0 radical (unpaired) electrons. The summed E-state index contributed by atoms with van der Waals surface area (Å²) in [5.41, 5.74) is 5.53. The zero-order valence-electron chi connectivity index (χ0n) is 22.0. The molecule has 1 fully saturated rings. The quantitative estimate of drug-likeness (QED) is 0.322. The fraction of sp³-hybridized carbons (Fsp3) is 0.355. The van der Waals surface area contributed by atoms with Crippen LogP contribution in [0.15, 0.2) is 72.8 Å².